The van der Waals surface area contributed by atoms with Crippen LogP contribution in [0.4, 0.5) is 0 Å². The highest BCUT2D eigenvalue weighted by molar-refractivity contribution is 7.59. The van der Waals surface area contributed by atoms with Crippen molar-refractivity contribution in [3.8, 4) is 0 Å². The molecule has 2 nitrogen and oxygen atoms in total. The van der Waals surface area contributed by atoms with Crippen LogP contribution in [0.5, 0.6) is 0 Å². The predicted octanol–water partition coefficient (Wildman–Crippen LogP) is 2.23. The average Bonchev–Trinajstić information content (AvgIpc) is 2.19. The van der Waals surface area contributed by atoms with Gasteiger partial charge in [-0.3, -0.25) is 0 Å². The zero-order valence-electron chi connectivity index (χ0n) is 7.53. The second-order valence-corrected chi connectivity index (χ2v) is 4.32. The maximum Gasteiger partial charge on any atom is 0.163 e. The molecular formula is C10H12NOP. The van der Waals surface area contributed by atoms with Crippen molar-refractivity contribution in [2.24, 2.45) is 0 Å². The van der Waals surface area contributed by atoms with E-state index in [9.17, 15) is 0 Å². The van der Waals surface area contributed by atoms with Crippen molar-refractivity contribution in [1.29, 1.82) is 0 Å². The normalized spacial score (nSPS) is 19.3. The molecule has 0 bridgehead atoms. The highest BCUT2D eigenvalue weighted by atomic mass is 31.2. The molecule has 0 radical (unpaired) electrons. The Morgan fingerprint density at radius 1 is 1.38 bits per heavy atom. The molecule has 0 saturated heterocycles. The smallest absolute Gasteiger partial charge is 0.163 e. The standard InChI is InChI=1S/C10H12NOP/c1-2-12-13-10-6-4-3-5-9(10)7-8-11-13/h3-8,11H,2H2,1H3. The van der Waals surface area contributed by atoms with Crippen LogP contribution >= 0.6 is 8.30 Å². The summed E-state index contributed by atoms with van der Waals surface area (Å²) in [6.07, 6.45) is 4.04. The van der Waals surface area contributed by atoms with Gasteiger partial charge in [0.1, 0.15) is 0 Å². The lowest BCUT2D eigenvalue weighted by Crippen LogP contribution is -2.18. The van der Waals surface area contributed by atoms with Crippen molar-refractivity contribution < 1.29 is 4.52 Å². The number of hydrogen-bond acceptors (Lipinski definition) is 2. The van der Waals surface area contributed by atoms with Crippen LogP contribution in [0.25, 0.3) is 6.08 Å². The summed E-state index contributed by atoms with van der Waals surface area (Å²) >= 11 is 0. The zero-order valence-corrected chi connectivity index (χ0v) is 8.42. The highest BCUT2D eigenvalue weighted by Gasteiger charge is 2.15. The monoisotopic (exact) mass is 193 g/mol. The van der Waals surface area contributed by atoms with E-state index in [4.69, 9.17) is 4.52 Å². The van der Waals surface area contributed by atoms with Crippen molar-refractivity contribution in [3.63, 3.8) is 0 Å². The summed E-state index contributed by atoms with van der Waals surface area (Å²) in [6.45, 7) is 2.77. The summed E-state index contributed by atoms with van der Waals surface area (Å²) in [6, 6.07) is 8.33. The van der Waals surface area contributed by atoms with E-state index in [1.807, 2.05) is 25.3 Å². The number of hydrogen-bond donors (Lipinski definition) is 1. The van der Waals surface area contributed by atoms with Crippen molar-refractivity contribution in [2.45, 2.75) is 6.92 Å². The Morgan fingerprint density at radius 3 is 3.08 bits per heavy atom. The summed E-state index contributed by atoms with van der Waals surface area (Å²) in [7, 11) is -0.624. The topological polar surface area (TPSA) is 21.3 Å². The van der Waals surface area contributed by atoms with Gasteiger partial charge < -0.3 is 9.61 Å². The van der Waals surface area contributed by atoms with Crippen LogP contribution in [0.15, 0.2) is 30.5 Å². The maximum absolute atomic E-state index is 5.61. The molecule has 0 spiro atoms. The van der Waals surface area contributed by atoms with E-state index < -0.39 is 8.30 Å². The fourth-order valence-corrected chi connectivity index (χ4v) is 2.74. The lowest BCUT2D eigenvalue weighted by Gasteiger charge is -2.21. The third-order valence-electron chi connectivity index (χ3n) is 1.87. The van der Waals surface area contributed by atoms with E-state index in [2.05, 4.69) is 23.3 Å². The third kappa shape index (κ3) is 1.74. The predicted molar refractivity (Wildman–Crippen MR) is 56.8 cm³/mol. The van der Waals surface area contributed by atoms with E-state index in [-0.39, 0.29) is 0 Å². The summed E-state index contributed by atoms with van der Waals surface area (Å²) in [5, 5.41) is 4.52. The first kappa shape index (κ1) is 8.74. The minimum absolute atomic E-state index is 0.624. The van der Waals surface area contributed by atoms with Crippen LogP contribution in [0.1, 0.15) is 12.5 Å². The average molecular weight is 193 g/mol. The Hall–Kier alpha value is -0.850. The molecule has 0 saturated carbocycles. The number of benzene rings is 1. The molecule has 3 heteroatoms. The molecule has 2 rings (SSSR count). The molecule has 1 heterocycles. The SMILES string of the molecule is CCOP1NC=Cc2ccccc21. The number of rotatable bonds is 2. The Kier molecular flexibility index (Phi) is 2.62. The highest BCUT2D eigenvalue weighted by Crippen LogP contribution is 2.34. The Bertz CT molecular complexity index is 324. The molecule has 0 fully saturated rings. The third-order valence-corrected chi connectivity index (χ3v) is 3.61. The van der Waals surface area contributed by atoms with Gasteiger partial charge in [-0.1, -0.05) is 18.2 Å². The van der Waals surface area contributed by atoms with Crippen LogP contribution in [-0.4, -0.2) is 6.61 Å². The second-order valence-electron chi connectivity index (χ2n) is 2.73. The van der Waals surface area contributed by atoms with Gasteiger partial charge in [-0.05, 0) is 24.6 Å². The van der Waals surface area contributed by atoms with E-state index in [1.54, 1.807) is 0 Å². The molecule has 1 atom stereocenters. The molecule has 1 N–H and O–H groups in total. The molecule has 0 aromatic heterocycles. The minimum atomic E-state index is -0.624. The van der Waals surface area contributed by atoms with Gasteiger partial charge in [0, 0.05) is 11.5 Å². The lowest BCUT2D eigenvalue weighted by atomic mass is 10.2. The molecule has 0 amide bonds. The van der Waals surface area contributed by atoms with E-state index in [0.29, 0.717) is 0 Å². The molecule has 13 heavy (non-hydrogen) atoms. The molecule has 0 aliphatic carbocycles. The van der Waals surface area contributed by atoms with Crippen LogP contribution in [-0.2, 0) is 4.52 Å². The second kappa shape index (κ2) is 3.91. The fourth-order valence-electron chi connectivity index (χ4n) is 1.31. The van der Waals surface area contributed by atoms with Gasteiger partial charge in [0.25, 0.3) is 0 Å². The first-order chi connectivity index (χ1) is 6.42. The summed E-state index contributed by atoms with van der Waals surface area (Å²) in [5.74, 6) is 0. The van der Waals surface area contributed by atoms with Gasteiger partial charge in [-0.15, -0.1) is 0 Å². The molecule has 1 aliphatic rings. The van der Waals surface area contributed by atoms with Crippen molar-refractivity contribution in [1.82, 2.24) is 5.09 Å². The minimum Gasteiger partial charge on any atom is -0.345 e. The van der Waals surface area contributed by atoms with E-state index >= 15 is 0 Å². The van der Waals surface area contributed by atoms with Crippen molar-refractivity contribution in [2.75, 3.05) is 6.61 Å². The largest absolute Gasteiger partial charge is 0.345 e. The molecule has 1 aromatic rings. The number of fused-ring (bicyclic) bond motifs is 1. The molecule has 68 valence electrons. The molecule has 1 unspecified atom stereocenters. The zero-order chi connectivity index (χ0) is 9.10. The first-order valence-corrected chi connectivity index (χ1v) is 5.62. The van der Waals surface area contributed by atoms with Gasteiger partial charge in [0.05, 0.1) is 6.61 Å². The summed E-state index contributed by atoms with van der Waals surface area (Å²) in [4.78, 5) is 0. The summed E-state index contributed by atoms with van der Waals surface area (Å²) < 4.78 is 5.61. The maximum atomic E-state index is 5.61. The number of nitrogens with one attached hydrogen (secondary N) is 1. The molecular weight excluding hydrogens is 181 g/mol. The van der Waals surface area contributed by atoms with Gasteiger partial charge in [-0.2, -0.15) is 0 Å². The Morgan fingerprint density at radius 2 is 2.23 bits per heavy atom. The van der Waals surface area contributed by atoms with E-state index in [1.165, 1.54) is 10.9 Å². The molecule has 1 aliphatic heterocycles. The quantitative estimate of drug-likeness (QED) is 0.727. The molecule has 1 aromatic carbocycles. The van der Waals surface area contributed by atoms with Gasteiger partial charge in [0.2, 0.25) is 0 Å². The van der Waals surface area contributed by atoms with Crippen LogP contribution in [0.3, 0.4) is 0 Å². The lowest BCUT2D eigenvalue weighted by molar-refractivity contribution is 0.379. The van der Waals surface area contributed by atoms with Crippen molar-refractivity contribution in [3.05, 3.63) is 36.0 Å². The Labute approximate surface area is 79.5 Å². The van der Waals surface area contributed by atoms with Gasteiger partial charge in [-0.25, -0.2) is 0 Å². The first-order valence-electron chi connectivity index (χ1n) is 4.36. The van der Waals surface area contributed by atoms with Crippen molar-refractivity contribution >= 4 is 19.7 Å². The van der Waals surface area contributed by atoms with Crippen LogP contribution in [0.2, 0.25) is 0 Å². The van der Waals surface area contributed by atoms with Crippen LogP contribution < -0.4 is 10.4 Å². The summed E-state index contributed by atoms with van der Waals surface area (Å²) in [5.41, 5.74) is 1.26. The van der Waals surface area contributed by atoms with Gasteiger partial charge >= 0.3 is 0 Å². The fraction of sp³-hybridized carbons (Fsp3) is 0.200. The van der Waals surface area contributed by atoms with Crippen LogP contribution in [0, 0.1) is 0 Å². The van der Waals surface area contributed by atoms with Gasteiger partial charge in [0.15, 0.2) is 8.30 Å². The van der Waals surface area contributed by atoms with E-state index in [0.717, 1.165) is 6.61 Å². The Balaban J connectivity index is 2.32.